The van der Waals surface area contributed by atoms with Crippen LogP contribution < -0.4 is 15.3 Å². The summed E-state index contributed by atoms with van der Waals surface area (Å²) >= 11 is 0. The molecule has 154 valence electrons. The van der Waals surface area contributed by atoms with Gasteiger partial charge in [-0.15, -0.1) is 0 Å². The molecule has 1 atom stereocenters. The van der Waals surface area contributed by atoms with Gasteiger partial charge in [0.2, 0.25) is 0 Å². The number of ether oxygens (including phenoxy) is 2. The molecule has 0 saturated heterocycles. The van der Waals surface area contributed by atoms with Gasteiger partial charge < -0.3 is 18.8 Å². The van der Waals surface area contributed by atoms with Crippen LogP contribution in [0.1, 0.15) is 18.1 Å². The average molecular weight is 407 g/mol. The van der Waals surface area contributed by atoms with Crippen LogP contribution in [0.3, 0.4) is 0 Å². The van der Waals surface area contributed by atoms with Crippen LogP contribution >= 0.6 is 0 Å². The van der Waals surface area contributed by atoms with Crippen LogP contribution in [-0.2, 0) is 20.7 Å². The summed E-state index contributed by atoms with van der Waals surface area (Å²) in [4.78, 5) is 37.8. The van der Waals surface area contributed by atoms with Crippen LogP contribution in [0.25, 0.3) is 11.0 Å². The van der Waals surface area contributed by atoms with Gasteiger partial charge in [0.05, 0.1) is 0 Å². The summed E-state index contributed by atoms with van der Waals surface area (Å²) in [7, 11) is 0. The summed E-state index contributed by atoms with van der Waals surface area (Å²) in [5.74, 6) is -0.570. The number of carbonyl (C=O) groups excluding carboxylic acids is 2. The quantitative estimate of drug-likeness (QED) is 0.477. The summed E-state index contributed by atoms with van der Waals surface area (Å²) in [6.45, 7) is 3.06. The lowest BCUT2D eigenvalue weighted by atomic mass is 10.1. The standard InChI is InChI=1S/C23H21NO6/c1-14-9-22(26)30-20-11-17(7-8-18(14)20)28-13-23(27)29-12-21(25)24-15(2)10-16-5-3-4-6-19(16)24/h3-9,11,15H,10,12-13H2,1-2H3. The van der Waals surface area contributed by atoms with Gasteiger partial charge in [0, 0.05) is 29.2 Å². The van der Waals surface area contributed by atoms with E-state index < -0.39 is 11.6 Å². The van der Waals surface area contributed by atoms with E-state index in [4.69, 9.17) is 13.9 Å². The van der Waals surface area contributed by atoms with E-state index in [9.17, 15) is 14.4 Å². The Morgan fingerprint density at radius 1 is 1.13 bits per heavy atom. The summed E-state index contributed by atoms with van der Waals surface area (Å²) in [6, 6.07) is 14.1. The molecule has 4 rings (SSSR count). The summed E-state index contributed by atoms with van der Waals surface area (Å²) in [5.41, 5.74) is 2.68. The van der Waals surface area contributed by atoms with E-state index in [0.717, 1.165) is 28.6 Å². The monoisotopic (exact) mass is 407 g/mol. The fraction of sp³-hybridized carbons (Fsp3) is 0.261. The smallest absolute Gasteiger partial charge is 0.344 e. The molecule has 3 aromatic rings. The van der Waals surface area contributed by atoms with Crippen molar-refractivity contribution in [3.05, 3.63) is 70.1 Å². The van der Waals surface area contributed by atoms with Crippen molar-refractivity contribution < 1.29 is 23.5 Å². The van der Waals surface area contributed by atoms with Crippen LogP contribution in [0.15, 0.2) is 57.7 Å². The third-order valence-corrected chi connectivity index (χ3v) is 5.11. The van der Waals surface area contributed by atoms with Crippen LogP contribution in [0.4, 0.5) is 5.69 Å². The third kappa shape index (κ3) is 3.91. The summed E-state index contributed by atoms with van der Waals surface area (Å²) < 4.78 is 15.7. The lowest BCUT2D eigenvalue weighted by Gasteiger charge is -2.22. The van der Waals surface area contributed by atoms with Crippen molar-refractivity contribution in [2.24, 2.45) is 0 Å². The van der Waals surface area contributed by atoms with E-state index in [-0.39, 0.29) is 25.2 Å². The maximum atomic E-state index is 12.6. The molecule has 0 spiro atoms. The highest BCUT2D eigenvalue weighted by Gasteiger charge is 2.30. The summed E-state index contributed by atoms with van der Waals surface area (Å²) in [5, 5.41) is 0.787. The van der Waals surface area contributed by atoms with Crippen LogP contribution in [0, 0.1) is 6.92 Å². The molecule has 0 N–H and O–H groups in total. The molecule has 2 aromatic carbocycles. The number of aryl methyl sites for hydroxylation is 1. The van der Waals surface area contributed by atoms with Gasteiger partial charge in [0.25, 0.3) is 5.91 Å². The number of para-hydroxylation sites is 1. The predicted octanol–water partition coefficient (Wildman–Crippen LogP) is 3.00. The molecule has 1 aromatic heterocycles. The fourth-order valence-electron chi connectivity index (χ4n) is 3.74. The molecule has 30 heavy (non-hydrogen) atoms. The van der Waals surface area contributed by atoms with E-state index in [1.54, 1.807) is 23.1 Å². The maximum absolute atomic E-state index is 12.6. The molecule has 0 aliphatic carbocycles. The first-order valence-corrected chi connectivity index (χ1v) is 9.65. The minimum absolute atomic E-state index is 0.0144. The van der Waals surface area contributed by atoms with E-state index in [1.165, 1.54) is 6.07 Å². The zero-order chi connectivity index (χ0) is 21.3. The minimum atomic E-state index is -0.658. The van der Waals surface area contributed by atoms with Crippen molar-refractivity contribution in [1.29, 1.82) is 0 Å². The van der Waals surface area contributed by atoms with Crippen molar-refractivity contribution in [3.8, 4) is 5.75 Å². The highest BCUT2D eigenvalue weighted by atomic mass is 16.6. The Morgan fingerprint density at radius 3 is 2.77 bits per heavy atom. The van der Waals surface area contributed by atoms with Crippen LogP contribution in [-0.4, -0.2) is 31.1 Å². The molecule has 2 heterocycles. The molecule has 0 fully saturated rings. The Morgan fingerprint density at radius 2 is 1.93 bits per heavy atom. The van der Waals surface area contributed by atoms with Gasteiger partial charge in [-0.05, 0) is 49.6 Å². The molecule has 1 aliphatic heterocycles. The Labute approximate surface area is 172 Å². The van der Waals surface area contributed by atoms with E-state index in [0.29, 0.717) is 11.3 Å². The zero-order valence-corrected chi connectivity index (χ0v) is 16.7. The van der Waals surface area contributed by atoms with E-state index >= 15 is 0 Å². The van der Waals surface area contributed by atoms with Crippen molar-refractivity contribution in [2.45, 2.75) is 26.3 Å². The fourth-order valence-corrected chi connectivity index (χ4v) is 3.74. The van der Waals surface area contributed by atoms with Gasteiger partial charge in [0.1, 0.15) is 11.3 Å². The normalized spacial score (nSPS) is 15.1. The molecule has 1 unspecified atom stereocenters. The average Bonchev–Trinajstić information content (AvgIpc) is 3.05. The second-order valence-electron chi connectivity index (χ2n) is 7.30. The molecular formula is C23H21NO6. The highest BCUT2D eigenvalue weighted by molar-refractivity contribution is 5.97. The lowest BCUT2D eigenvalue weighted by molar-refractivity contribution is -0.149. The first-order valence-electron chi connectivity index (χ1n) is 9.65. The van der Waals surface area contributed by atoms with E-state index in [2.05, 4.69) is 0 Å². The van der Waals surface area contributed by atoms with Gasteiger partial charge in [-0.25, -0.2) is 9.59 Å². The number of benzene rings is 2. The van der Waals surface area contributed by atoms with Crippen molar-refractivity contribution in [2.75, 3.05) is 18.1 Å². The van der Waals surface area contributed by atoms with Crippen molar-refractivity contribution in [3.63, 3.8) is 0 Å². The first-order chi connectivity index (χ1) is 14.4. The molecule has 7 nitrogen and oxygen atoms in total. The molecule has 0 bridgehead atoms. The van der Waals surface area contributed by atoms with E-state index in [1.807, 2.05) is 38.1 Å². The van der Waals surface area contributed by atoms with Gasteiger partial charge in [-0.3, -0.25) is 4.79 Å². The largest absolute Gasteiger partial charge is 0.482 e. The Balaban J connectivity index is 1.34. The van der Waals surface area contributed by atoms with Crippen molar-refractivity contribution >= 4 is 28.5 Å². The van der Waals surface area contributed by atoms with Crippen LogP contribution in [0.5, 0.6) is 5.75 Å². The molecule has 1 amide bonds. The number of nitrogens with zero attached hydrogens (tertiary/aromatic N) is 1. The number of rotatable bonds is 5. The highest BCUT2D eigenvalue weighted by Crippen LogP contribution is 2.31. The summed E-state index contributed by atoms with van der Waals surface area (Å²) in [6.07, 6.45) is 0.774. The van der Waals surface area contributed by atoms with Gasteiger partial charge in [-0.2, -0.15) is 0 Å². The second-order valence-corrected chi connectivity index (χ2v) is 7.30. The number of hydrogen-bond donors (Lipinski definition) is 0. The number of anilines is 1. The number of esters is 1. The van der Waals surface area contributed by atoms with Gasteiger partial charge in [0.15, 0.2) is 13.2 Å². The lowest BCUT2D eigenvalue weighted by Crippen LogP contribution is -2.39. The van der Waals surface area contributed by atoms with Gasteiger partial charge in [-0.1, -0.05) is 18.2 Å². The second kappa shape index (κ2) is 8.02. The number of fused-ring (bicyclic) bond motifs is 2. The minimum Gasteiger partial charge on any atom is -0.482 e. The topological polar surface area (TPSA) is 86.0 Å². The molecule has 0 radical (unpaired) electrons. The number of carbonyl (C=O) groups is 2. The third-order valence-electron chi connectivity index (χ3n) is 5.11. The maximum Gasteiger partial charge on any atom is 0.344 e. The molecular weight excluding hydrogens is 386 g/mol. The number of hydrogen-bond acceptors (Lipinski definition) is 6. The zero-order valence-electron chi connectivity index (χ0n) is 16.7. The number of amides is 1. The Bertz CT molecular complexity index is 1180. The predicted molar refractivity (Wildman–Crippen MR) is 111 cm³/mol. The molecule has 0 saturated carbocycles. The molecule has 1 aliphatic rings. The Hall–Kier alpha value is -3.61. The first kappa shape index (κ1) is 19.7. The van der Waals surface area contributed by atoms with Crippen molar-refractivity contribution in [1.82, 2.24) is 0 Å². The Kier molecular flexibility index (Phi) is 5.27. The van der Waals surface area contributed by atoms with Crippen LogP contribution in [0.2, 0.25) is 0 Å². The molecule has 7 heteroatoms. The van der Waals surface area contributed by atoms with Gasteiger partial charge >= 0.3 is 11.6 Å². The SMILES string of the molecule is Cc1cc(=O)oc2cc(OCC(=O)OCC(=O)N3c4ccccc4CC3C)ccc12.